The standard InChI is InChI=1S/C53H32/c1-4-18-36-33(15-1)29-30-45-51-44-26-10-9-23-41(44)47(32-50(51)53(52(36)45)48-27-13-11-24-42(48)43-25-12-14-28-49(43)53)40-22-8-7-21-39(40)46-31-34-16-2-3-17-35(34)37-19-5-6-20-38(37)46/h1-32H. The first-order valence-electron chi connectivity index (χ1n) is 18.6. The van der Waals surface area contributed by atoms with E-state index in [0.717, 1.165) is 0 Å². The monoisotopic (exact) mass is 668 g/mol. The Morgan fingerprint density at radius 1 is 0.245 bits per heavy atom. The van der Waals surface area contributed by atoms with Crippen molar-refractivity contribution in [1.29, 1.82) is 0 Å². The number of benzene rings is 10. The molecule has 0 N–H and O–H groups in total. The second-order valence-corrected chi connectivity index (χ2v) is 14.7. The molecule has 0 saturated heterocycles. The first-order valence-corrected chi connectivity index (χ1v) is 18.6. The van der Waals surface area contributed by atoms with Gasteiger partial charge in [-0.1, -0.05) is 182 Å². The molecule has 12 rings (SSSR count). The van der Waals surface area contributed by atoms with Crippen molar-refractivity contribution in [1.82, 2.24) is 0 Å². The van der Waals surface area contributed by atoms with E-state index in [-0.39, 0.29) is 0 Å². The van der Waals surface area contributed by atoms with Crippen LogP contribution in [0.15, 0.2) is 194 Å². The second kappa shape index (κ2) is 10.6. The third-order valence-electron chi connectivity index (χ3n) is 12.2. The maximum Gasteiger partial charge on any atom is 0.0731 e. The van der Waals surface area contributed by atoms with Crippen LogP contribution in [0.2, 0.25) is 0 Å². The second-order valence-electron chi connectivity index (χ2n) is 14.7. The highest BCUT2D eigenvalue weighted by Gasteiger charge is 2.53. The lowest BCUT2D eigenvalue weighted by Crippen LogP contribution is -2.26. The minimum atomic E-state index is -0.470. The van der Waals surface area contributed by atoms with E-state index in [0.29, 0.717) is 0 Å². The van der Waals surface area contributed by atoms with Crippen LogP contribution >= 0.6 is 0 Å². The van der Waals surface area contributed by atoms with E-state index in [1.165, 1.54) is 110 Å². The van der Waals surface area contributed by atoms with Crippen molar-refractivity contribution in [3.8, 4) is 44.5 Å². The zero-order valence-electron chi connectivity index (χ0n) is 29.0. The molecule has 2 aliphatic rings. The summed E-state index contributed by atoms with van der Waals surface area (Å²) in [4.78, 5) is 0. The molecule has 244 valence electrons. The number of hydrogen-bond acceptors (Lipinski definition) is 0. The highest BCUT2D eigenvalue weighted by molar-refractivity contribution is 6.18. The van der Waals surface area contributed by atoms with Gasteiger partial charge >= 0.3 is 0 Å². The largest absolute Gasteiger partial charge is 0.0731 e. The highest BCUT2D eigenvalue weighted by Crippen LogP contribution is 2.65. The minimum Gasteiger partial charge on any atom is -0.0619 e. The van der Waals surface area contributed by atoms with Crippen LogP contribution in [0.1, 0.15) is 22.3 Å². The first-order chi connectivity index (χ1) is 26.3. The summed E-state index contributed by atoms with van der Waals surface area (Å²) in [7, 11) is 0. The molecular weight excluding hydrogens is 637 g/mol. The Balaban J connectivity index is 1.25. The fourth-order valence-corrected chi connectivity index (χ4v) is 10.2. The van der Waals surface area contributed by atoms with Crippen molar-refractivity contribution in [2.75, 3.05) is 0 Å². The van der Waals surface area contributed by atoms with Gasteiger partial charge in [-0.25, -0.2) is 0 Å². The Labute approximate surface area is 308 Å². The van der Waals surface area contributed by atoms with Gasteiger partial charge in [0.05, 0.1) is 5.41 Å². The molecule has 0 heterocycles. The molecule has 0 fully saturated rings. The third kappa shape index (κ3) is 3.70. The molecule has 10 aromatic rings. The lowest BCUT2D eigenvalue weighted by atomic mass is 9.69. The van der Waals surface area contributed by atoms with Gasteiger partial charge < -0.3 is 0 Å². The number of hydrogen-bond donors (Lipinski definition) is 0. The minimum absolute atomic E-state index is 0.470. The predicted molar refractivity (Wildman–Crippen MR) is 224 cm³/mol. The van der Waals surface area contributed by atoms with Gasteiger partial charge in [-0.15, -0.1) is 0 Å². The van der Waals surface area contributed by atoms with E-state index in [2.05, 4.69) is 194 Å². The van der Waals surface area contributed by atoms with E-state index < -0.39 is 5.41 Å². The normalized spacial score (nSPS) is 13.4. The van der Waals surface area contributed by atoms with Crippen LogP contribution in [-0.4, -0.2) is 0 Å². The molecule has 0 aliphatic heterocycles. The quantitative estimate of drug-likeness (QED) is 0.161. The van der Waals surface area contributed by atoms with Crippen LogP contribution < -0.4 is 0 Å². The van der Waals surface area contributed by atoms with Crippen molar-refractivity contribution in [2.45, 2.75) is 5.41 Å². The molecule has 1 spiro atoms. The molecule has 0 saturated carbocycles. The Hall–Kier alpha value is -6.76. The van der Waals surface area contributed by atoms with Crippen molar-refractivity contribution in [3.05, 3.63) is 216 Å². The summed E-state index contributed by atoms with van der Waals surface area (Å²) in [6.45, 7) is 0. The SMILES string of the molecule is c1ccc(-c2cc3ccccc3c3ccccc23)c(-c2cc3c(c4ccccc24)-c2ccc4ccccc4c2C32c3ccccc3-c3ccccc32)c1. The molecular formula is C53H32. The van der Waals surface area contributed by atoms with Crippen LogP contribution in [0.25, 0.3) is 87.6 Å². The summed E-state index contributed by atoms with van der Waals surface area (Å²) < 4.78 is 0. The van der Waals surface area contributed by atoms with Gasteiger partial charge in [0.15, 0.2) is 0 Å². The average Bonchev–Trinajstić information content (AvgIpc) is 3.71. The van der Waals surface area contributed by atoms with E-state index in [9.17, 15) is 0 Å². The van der Waals surface area contributed by atoms with Gasteiger partial charge in [0.25, 0.3) is 0 Å². The molecule has 10 aromatic carbocycles. The third-order valence-corrected chi connectivity index (χ3v) is 12.2. The molecule has 0 bridgehead atoms. The highest BCUT2D eigenvalue weighted by atomic mass is 14.5. The van der Waals surface area contributed by atoms with Crippen LogP contribution in [0.4, 0.5) is 0 Å². The van der Waals surface area contributed by atoms with E-state index in [1.54, 1.807) is 0 Å². The Morgan fingerprint density at radius 3 is 1.40 bits per heavy atom. The molecule has 0 aromatic heterocycles. The Kier molecular flexibility index (Phi) is 5.80. The summed E-state index contributed by atoms with van der Waals surface area (Å²) in [6, 6.07) is 72.9. The number of fused-ring (bicyclic) bond motifs is 17. The van der Waals surface area contributed by atoms with E-state index in [1.807, 2.05) is 0 Å². The van der Waals surface area contributed by atoms with Crippen molar-refractivity contribution in [2.24, 2.45) is 0 Å². The maximum atomic E-state index is 2.58. The summed E-state index contributed by atoms with van der Waals surface area (Å²) in [5.74, 6) is 0. The molecule has 2 aliphatic carbocycles. The van der Waals surface area contributed by atoms with E-state index in [4.69, 9.17) is 0 Å². The smallest absolute Gasteiger partial charge is 0.0619 e. The maximum absolute atomic E-state index is 2.58. The lowest BCUT2D eigenvalue weighted by molar-refractivity contribution is 0.802. The first kappa shape index (κ1) is 28.9. The fourth-order valence-electron chi connectivity index (χ4n) is 10.2. The van der Waals surface area contributed by atoms with Gasteiger partial charge in [0.2, 0.25) is 0 Å². The molecule has 0 amide bonds. The van der Waals surface area contributed by atoms with Gasteiger partial charge in [0, 0.05) is 0 Å². The van der Waals surface area contributed by atoms with Gasteiger partial charge in [-0.3, -0.25) is 0 Å². The van der Waals surface area contributed by atoms with Crippen LogP contribution in [0, 0.1) is 0 Å². The molecule has 0 unspecified atom stereocenters. The predicted octanol–water partition coefficient (Wildman–Crippen LogP) is 14.0. The summed E-state index contributed by atoms with van der Waals surface area (Å²) in [6.07, 6.45) is 0. The molecule has 53 heavy (non-hydrogen) atoms. The zero-order valence-corrected chi connectivity index (χ0v) is 29.0. The van der Waals surface area contributed by atoms with Crippen molar-refractivity contribution >= 4 is 43.1 Å². The molecule has 0 heteroatoms. The average molecular weight is 669 g/mol. The van der Waals surface area contributed by atoms with Crippen molar-refractivity contribution < 1.29 is 0 Å². The van der Waals surface area contributed by atoms with Gasteiger partial charge in [-0.2, -0.15) is 0 Å². The summed E-state index contributed by atoms with van der Waals surface area (Å²) >= 11 is 0. The van der Waals surface area contributed by atoms with Crippen LogP contribution in [0.5, 0.6) is 0 Å². The van der Waals surface area contributed by atoms with Crippen LogP contribution in [0.3, 0.4) is 0 Å². The Bertz CT molecular complexity index is 3130. The van der Waals surface area contributed by atoms with Crippen LogP contribution in [-0.2, 0) is 5.41 Å². The molecule has 0 atom stereocenters. The summed E-state index contributed by atoms with van der Waals surface area (Å²) in [5, 5.41) is 10.3. The van der Waals surface area contributed by atoms with E-state index >= 15 is 0 Å². The van der Waals surface area contributed by atoms with Gasteiger partial charge in [0.1, 0.15) is 0 Å². The fraction of sp³-hybridized carbons (Fsp3) is 0.0189. The Morgan fingerprint density at radius 2 is 0.717 bits per heavy atom. The topological polar surface area (TPSA) is 0 Å². The van der Waals surface area contributed by atoms with Gasteiger partial charge in [-0.05, 0) is 122 Å². The zero-order chi connectivity index (χ0) is 34.7. The summed E-state index contributed by atoms with van der Waals surface area (Å²) in [5.41, 5.74) is 15.4. The van der Waals surface area contributed by atoms with Crippen molar-refractivity contribution in [3.63, 3.8) is 0 Å². The molecule has 0 radical (unpaired) electrons. The number of rotatable bonds is 2. The molecule has 0 nitrogen and oxygen atoms in total. The lowest BCUT2D eigenvalue weighted by Gasteiger charge is -2.32.